The number of carbonyl (C=O) groups excluding carboxylic acids is 1. The van der Waals surface area contributed by atoms with Gasteiger partial charge in [-0.1, -0.05) is 30.0 Å². The van der Waals surface area contributed by atoms with Gasteiger partial charge in [0.05, 0.1) is 12.1 Å². The van der Waals surface area contributed by atoms with E-state index >= 15 is 0 Å². The van der Waals surface area contributed by atoms with Crippen LogP contribution in [0.4, 0.5) is 5.69 Å². The lowest BCUT2D eigenvalue weighted by molar-refractivity contribution is -0.138. The maximum atomic E-state index is 12.9. The maximum absolute atomic E-state index is 12.9. The molecule has 4 aliphatic carbocycles. The SMILES string of the molecule is C/C(=N\N=C1\SC(CC(=O)O)C(=O)N1c1ccccc1)C12CC3CC(CC(C3)C1)C2. The standard InChI is InChI=1S/C23H27N3O3S/c1-14(23-11-15-7-16(12-23)9-17(8-15)13-23)24-25-22-26(18-5-3-2-4-6-18)21(29)19(30-22)10-20(27)28/h2-6,15-17,19H,7-13H2,1H3,(H,27,28)/b24-14+,25-22+. The van der Waals surface area contributed by atoms with Gasteiger partial charge in [0.2, 0.25) is 5.91 Å². The summed E-state index contributed by atoms with van der Waals surface area (Å²) in [7, 11) is 0. The van der Waals surface area contributed by atoms with Crippen molar-refractivity contribution in [2.24, 2.45) is 33.4 Å². The molecule has 6 nitrogen and oxygen atoms in total. The smallest absolute Gasteiger partial charge is 0.305 e. The lowest BCUT2D eigenvalue weighted by Crippen LogP contribution is -2.49. The summed E-state index contributed by atoms with van der Waals surface area (Å²) < 4.78 is 0. The third kappa shape index (κ3) is 3.47. The first-order valence-corrected chi connectivity index (χ1v) is 11.7. The largest absolute Gasteiger partial charge is 0.481 e. The van der Waals surface area contributed by atoms with Crippen LogP contribution >= 0.6 is 11.8 Å². The fourth-order valence-corrected chi connectivity index (χ4v) is 7.49. The minimum absolute atomic E-state index is 0.171. The van der Waals surface area contributed by atoms with Gasteiger partial charge in [0, 0.05) is 11.1 Å². The first-order chi connectivity index (χ1) is 14.4. The van der Waals surface area contributed by atoms with E-state index in [1.54, 1.807) is 0 Å². The minimum atomic E-state index is -0.983. The molecule has 1 amide bonds. The predicted molar refractivity (Wildman–Crippen MR) is 119 cm³/mol. The normalized spacial score (nSPS) is 36.7. The van der Waals surface area contributed by atoms with Gasteiger partial charge in [-0.25, -0.2) is 0 Å². The van der Waals surface area contributed by atoms with E-state index in [9.17, 15) is 14.7 Å². The number of hydrogen-bond acceptors (Lipinski definition) is 5. The van der Waals surface area contributed by atoms with E-state index in [0.717, 1.165) is 23.5 Å². The molecular weight excluding hydrogens is 398 g/mol. The van der Waals surface area contributed by atoms with E-state index < -0.39 is 11.2 Å². The van der Waals surface area contributed by atoms with Crippen molar-refractivity contribution in [1.29, 1.82) is 0 Å². The van der Waals surface area contributed by atoms with E-state index in [1.165, 1.54) is 55.2 Å². The van der Waals surface area contributed by atoms with Crippen molar-refractivity contribution in [2.45, 2.75) is 57.1 Å². The van der Waals surface area contributed by atoms with E-state index in [0.29, 0.717) is 10.9 Å². The Kier molecular flexibility index (Phi) is 4.96. The average Bonchev–Trinajstić information content (AvgIpc) is 3.00. The number of carbonyl (C=O) groups is 2. The molecule has 0 radical (unpaired) electrons. The molecule has 6 rings (SSSR count). The Balaban J connectivity index is 1.45. The van der Waals surface area contributed by atoms with Gasteiger partial charge in [-0.15, -0.1) is 5.10 Å². The molecule has 4 saturated carbocycles. The monoisotopic (exact) mass is 425 g/mol. The highest BCUT2D eigenvalue weighted by molar-refractivity contribution is 8.16. The molecular formula is C23H27N3O3S. The summed E-state index contributed by atoms with van der Waals surface area (Å²) in [5, 5.41) is 18.2. The second kappa shape index (κ2) is 7.52. The summed E-state index contributed by atoms with van der Waals surface area (Å²) in [4.78, 5) is 25.7. The number of hydrogen-bond donors (Lipinski definition) is 1. The zero-order valence-corrected chi connectivity index (χ0v) is 18.0. The van der Waals surface area contributed by atoms with E-state index in [2.05, 4.69) is 17.1 Å². The number of carboxylic acids is 1. The van der Waals surface area contributed by atoms with Crippen molar-refractivity contribution in [2.75, 3.05) is 4.90 Å². The number of amides is 1. The number of amidine groups is 1. The van der Waals surface area contributed by atoms with Crippen LogP contribution in [0.1, 0.15) is 51.9 Å². The quantitative estimate of drug-likeness (QED) is 0.554. The van der Waals surface area contributed by atoms with Gasteiger partial charge in [0.15, 0.2) is 5.17 Å². The van der Waals surface area contributed by atoms with Gasteiger partial charge >= 0.3 is 5.97 Å². The van der Waals surface area contributed by atoms with Crippen molar-refractivity contribution in [1.82, 2.24) is 0 Å². The third-order valence-electron chi connectivity index (χ3n) is 7.40. The number of anilines is 1. The van der Waals surface area contributed by atoms with Crippen molar-refractivity contribution in [3.8, 4) is 0 Å². The molecule has 7 heteroatoms. The summed E-state index contributed by atoms with van der Waals surface area (Å²) in [6.07, 6.45) is 7.57. The number of thioether (sulfide) groups is 1. The van der Waals surface area contributed by atoms with Crippen LogP contribution in [0.25, 0.3) is 0 Å². The van der Waals surface area contributed by atoms with Crippen LogP contribution in [-0.4, -0.2) is 33.1 Å². The van der Waals surface area contributed by atoms with Gasteiger partial charge in [0.25, 0.3) is 0 Å². The third-order valence-corrected chi connectivity index (χ3v) is 8.53. The van der Waals surface area contributed by atoms with E-state index in [1.807, 2.05) is 30.3 Å². The first-order valence-electron chi connectivity index (χ1n) is 10.8. The van der Waals surface area contributed by atoms with Crippen molar-refractivity contribution >= 4 is 40.2 Å². The number of rotatable bonds is 5. The fourth-order valence-electron chi connectivity index (χ4n) is 6.42. The summed E-state index contributed by atoms with van der Waals surface area (Å²) >= 11 is 1.21. The van der Waals surface area contributed by atoms with Crippen LogP contribution in [0, 0.1) is 23.2 Å². The Morgan fingerprint density at radius 2 is 1.73 bits per heavy atom. The highest BCUT2D eigenvalue weighted by Crippen LogP contribution is 2.60. The number of aliphatic carboxylic acids is 1. The molecule has 158 valence electrons. The summed E-state index contributed by atoms with van der Waals surface area (Å²) in [5.41, 5.74) is 1.95. The van der Waals surface area contributed by atoms with Gasteiger partial charge < -0.3 is 5.11 Å². The fraction of sp³-hybridized carbons (Fsp3) is 0.565. The summed E-state index contributed by atoms with van der Waals surface area (Å²) in [5.74, 6) is 1.27. The molecule has 1 saturated heterocycles. The first kappa shape index (κ1) is 19.8. The molecule has 0 spiro atoms. The molecule has 5 aliphatic rings. The summed E-state index contributed by atoms with van der Waals surface area (Å²) in [6, 6.07) is 9.29. The molecule has 1 aliphatic heterocycles. The lowest BCUT2D eigenvalue weighted by atomic mass is 9.48. The van der Waals surface area contributed by atoms with Crippen molar-refractivity contribution < 1.29 is 14.7 Å². The zero-order valence-electron chi connectivity index (χ0n) is 17.2. The van der Waals surface area contributed by atoms with Gasteiger partial charge in [-0.05, 0) is 75.3 Å². The Hall–Kier alpha value is -2.15. The number of para-hydroxylation sites is 1. The Morgan fingerprint density at radius 3 is 2.30 bits per heavy atom. The molecule has 1 aromatic rings. The molecule has 4 bridgehead atoms. The van der Waals surface area contributed by atoms with Crippen LogP contribution in [0.2, 0.25) is 0 Å². The molecule has 1 aromatic carbocycles. The molecule has 1 atom stereocenters. The van der Waals surface area contributed by atoms with E-state index in [-0.39, 0.29) is 17.7 Å². The lowest BCUT2D eigenvalue weighted by Gasteiger charge is -2.56. The molecule has 0 aromatic heterocycles. The number of carboxylic acid groups (broad SMARTS) is 1. The van der Waals surface area contributed by atoms with Gasteiger partial charge in [0.1, 0.15) is 5.25 Å². The molecule has 1 unspecified atom stereocenters. The predicted octanol–water partition coefficient (Wildman–Crippen LogP) is 4.56. The average molecular weight is 426 g/mol. The van der Waals surface area contributed by atoms with Crippen LogP contribution in [0.15, 0.2) is 40.5 Å². The second-order valence-electron chi connectivity index (χ2n) is 9.48. The highest BCUT2D eigenvalue weighted by Gasteiger charge is 2.52. The Morgan fingerprint density at radius 1 is 1.13 bits per heavy atom. The van der Waals surface area contributed by atoms with Gasteiger partial charge in [-0.3, -0.25) is 14.5 Å². The highest BCUT2D eigenvalue weighted by atomic mass is 32.2. The van der Waals surface area contributed by atoms with Crippen LogP contribution in [0.5, 0.6) is 0 Å². The molecule has 1 heterocycles. The Bertz CT molecular complexity index is 892. The molecule has 30 heavy (non-hydrogen) atoms. The van der Waals surface area contributed by atoms with Gasteiger partial charge in [-0.2, -0.15) is 5.10 Å². The minimum Gasteiger partial charge on any atom is -0.481 e. The topological polar surface area (TPSA) is 82.3 Å². The molecule has 1 N–H and O–H groups in total. The molecule has 5 fully saturated rings. The van der Waals surface area contributed by atoms with E-state index in [4.69, 9.17) is 0 Å². The van der Waals surface area contributed by atoms with Crippen molar-refractivity contribution in [3.05, 3.63) is 30.3 Å². The number of benzene rings is 1. The maximum Gasteiger partial charge on any atom is 0.305 e. The van der Waals surface area contributed by atoms with Crippen LogP contribution in [-0.2, 0) is 9.59 Å². The van der Waals surface area contributed by atoms with Crippen LogP contribution < -0.4 is 4.90 Å². The van der Waals surface area contributed by atoms with Crippen molar-refractivity contribution in [3.63, 3.8) is 0 Å². The zero-order chi connectivity index (χ0) is 20.9. The van der Waals surface area contributed by atoms with Crippen LogP contribution in [0.3, 0.4) is 0 Å². The Labute approximate surface area is 180 Å². The number of nitrogens with zero attached hydrogens (tertiary/aromatic N) is 3. The second-order valence-corrected chi connectivity index (χ2v) is 10.6. The summed E-state index contributed by atoms with van der Waals surface area (Å²) in [6.45, 7) is 2.10.